The number of hydrogen-bond donors (Lipinski definition) is 3. The van der Waals surface area contributed by atoms with E-state index in [4.69, 9.17) is 9.62 Å². The fourth-order valence-electron chi connectivity index (χ4n) is 3.72. The number of aryl methyl sites for hydroxylation is 3. The van der Waals surface area contributed by atoms with Gasteiger partial charge in [-0.05, 0) is 58.7 Å². The molecule has 3 aromatic rings. The van der Waals surface area contributed by atoms with Crippen LogP contribution in [0, 0.1) is 20.8 Å². The fraction of sp³-hybridized carbons (Fsp3) is 0.458. The lowest BCUT2D eigenvalue weighted by molar-refractivity contribution is -0.129. The molecular weight excluding hydrogens is 450 g/mol. The van der Waals surface area contributed by atoms with E-state index in [1.165, 1.54) is 0 Å². The van der Waals surface area contributed by atoms with Crippen LogP contribution in [0.25, 0.3) is 17.4 Å². The highest BCUT2D eigenvalue weighted by molar-refractivity contribution is 5.88. The number of aromatic nitrogens is 4. The van der Waals surface area contributed by atoms with Crippen LogP contribution in [0.15, 0.2) is 28.7 Å². The highest BCUT2D eigenvalue weighted by Gasteiger charge is 2.17. The highest BCUT2D eigenvalue weighted by atomic mass is 16.5. The van der Waals surface area contributed by atoms with Gasteiger partial charge in [-0.1, -0.05) is 12.8 Å². The number of carbonyl (C=O) groups is 2. The zero-order valence-electron chi connectivity index (χ0n) is 20.7. The third-order valence-electron chi connectivity index (χ3n) is 5.51. The second-order valence-corrected chi connectivity index (χ2v) is 8.39. The summed E-state index contributed by atoms with van der Waals surface area (Å²) in [5.74, 6) is 2.09. The largest absolute Gasteiger partial charge is 0.458 e. The lowest BCUT2D eigenvalue weighted by Crippen LogP contribution is -2.35. The number of urea groups is 1. The Morgan fingerprint density at radius 1 is 1.09 bits per heavy atom. The minimum Gasteiger partial charge on any atom is -0.458 e. The Hall–Kier alpha value is -3.73. The minimum absolute atomic E-state index is 0.258. The molecule has 11 heteroatoms. The molecule has 0 fully saturated rings. The summed E-state index contributed by atoms with van der Waals surface area (Å²) in [4.78, 5) is 34.9. The average Bonchev–Trinajstić information content (AvgIpc) is 3.42. The van der Waals surface area contributed by atoms with Gasteiger partial charge in [0.2, 0.25) is 5.91 Å². The molecule has 0 saturated heterocycles. The maximum Gasteiger partial charge on any atom is 0.323 e. The van der Waals surface area contributed by atoms with Crippen LogP contribution in [0.1, 0.15) is 56.2 Å². The van der Waals surface area contributed by atoms with Crippen molar-refractivity contribution in [2.24, 2.45) is 0 Å². The van der Waals surface area contributed by atoms with Gasteiger partial charge < -0.3 is 9.32 Å². The summed E-state index contributed by atoms with van der Waals surface area (Å²) < 4.78 is 7.42. The molecule has 0 aliphatic heterocycles. The minimum atomic E-state index is -0.381. The smallest absolute Gasteiger partial charge is 0.323 e. The molecule has 3 N–H and O–H groups in total. The fourth-order valence-corrected chi connectivity index (χ4v) is 3.72. The number of carbonyl (C=O) groups excluding carboxylic acids is 2. The summed E-state index contributed by atoms with van der Waals surface area (Å²) in [6, 6.07) is 7.01. The van der Waals surface area contributed by atoms with E-state index in [0.29, 0.717) is 42.7 Å². The maximum absolute atomic E-state index is 13.0. The van der Waals surface area contributed by atoms with Crippen molar-refractivity contribution in [2.75, 3.05) is 18.4 Å². The van der Waals surface area contributed by atoms with Crippen molar-refractivity contribution in [1.82, 2.24) is 30.1 Å². The first-order valence-electron chi connectivity index (χ1n) is 11.8. The first-order valence-corrected chi connectivity index (χ1v) is 11.8. The van der Waals surface area contributed by atoms with Crippen molar-refractivity contribution in [1.29, 1.82) is 0 Å². The average molecular weight is 484 g/mol. The van der Waals surface area contributed by atoms with E-state index < -0.39 is 0 Å². The number of nitrogens with one attached hydrogen (secondary N) is 2. The molecule has 0 saturated carbocycles. The number of hydroxylamine groups is 1. The van der Waals surface area contributed by atoms with Crippen LogP contribution in [0.2, 0.25) is 0 Å². The van der Waals surface area contributed by atoms with E-state index in [-0.39, 0.29) is 18.4 Å². The molecule has 35 heavy (non-hydrogen) atoms. The monoisotopic (exact) mass is 483 g/mol. The second-order valence-electron chi connectivity index (χ2n) is 8.39. The van der Waals surface area contributed by atoms with E-state index in [9.17, 15) is 9.59 Å². The van der Waals surface area contributed by atoms with Gasteiger partial charge in [-0.3, -0.25) is 15.3 Å². The SMILES string of the molecule is CCN(CCCCCCC(=O)NO)C(=O)Nc1cc(-n2nc(C)cc2C)nc(-c2ccc(C)o2)n1. The maximum atomic E-state index is 13.0. The number of rotatable bonds is 11. The molecule has 0 spiro atoms. The molecule has 0 unspecified atom stereocenters. The summed E-state index contributed by atoms with van der Waals surface area (Å²) in [5, 5.41) is 15.9. The summed E-state index contributed by atoms with van der Waals surface area (Å²) in [6.07, 6.45) is 3.50. The first-order chi connectivity index (χ1) is 16.8. The Morgan fingerprint density at radius 2 is 1.86 bits per heavy atom. The number of anilines is 1. The summed E-state index contributed by atoms with van der Waals surface area (Å²) in [5.41, 5.74) is 3.40. The Labute approximate surface area is 204 Å². The van der Waals surface area contributed by atoms with Gasteiger partial charge in [-0.25, -0.2) is 24.9 Å². The summed E-state index contributed by atoms with van der Waals surface area (Å²) in [6.45, 7) is 8.73. The van der Waals surface area contributed by atoms with Crippen molar-refractivity contribution in [2.45, 2.75) is 59.8 Å². The van der Waals surface area contributed by atoms with Crippen molar-refractivity contribution in [3.63, 3.8) is 0 Å². The molecule has 3 aromatic heterocycles. The molecule has 0 atom stereocenters. The van der Waals surface area contributed by atoms with Crippen molar-refractivity contribution in [3.05, 3.63) is 41.4 Å². The molecule has 3 rings (SSSR count). The van der Waals surface area contributed by atoms with E-state index in [0.717, 1.165) is 36.4 Å². The molecule has 188 valence electrons. The Kier molecular flexibility index (Phi) is 8.96. The summed E-state index contributed by atoms with van der Waals surface area (Å²) >= 11 is 0. The predicted molar refractivity (Wildman–Crippen MR) is 130 cm³/mol. The Balaban J connectivity index is 1.71. The number of unbranched alkanes of at least 4 members (excludes halogenated alkanes) is 3. The van der Waals surface area contributed by atoms with Gasteiger partial charge in [0.05, 0.1) is 5.69 Å². The first kappa shape index (κ1) is 25.9. The molecule has 11 nitrogen and oxygen atoms in total. The van der Waals surface area contributed by atoms with Crippen LogP contribution < -0.4 is 10.8 Å². The van der Waals surface area contributed by atoms with Gasteiger partial charge in [0.25, 0.3) is 0 Å². The number of amides is 3. The molecule has 0 aliphatic carbocycles. The lowest BCUT2D eigenvalue weighted by Gasteiger charge is -2.21. The predicted octanol–water partition coefficient (Wildman–Crippen LogP) is 4.16. The van der Waals surface area contributed by atoms with E-state index in [1.807, 2.05) is 39.8 Å². The molecule has 3 heterocycles. The van der Waals surface area contributed by atoms with Crippen molar-refractivity contribution in [3.8, 4) is 17.4 Å². The Bertz CT molecular complexity index is 1150. The van der Waals surface area contributed by atoms with E-state index in [1.54, 1.807) is 27.2 Å². The number of hydrogen-bond acceptors (Lipinski definition) is 7. The standard InChI is InChI=1S/C24H33N7O4/c1-5-30(13-9-7-6-8-10-22(32)29-34)24(33)26-20-15-21(31-17(3)14-16(2)28-31)27-23(25-20)19-12-11-18(4)35-19/h11-12,14-15,34H,5-10,13H2,1-4H3,(H,29,32)(H,25,26,27,33). The number of furan rings is 1. The highest BCUT2D eigenvalue weighted by Crippen LogP contribution is 2.23. The van der Waals surface area contributed by atoms with Gasteiger partial charge in [-0.2, -0.15) is 5.10 Å². The van der Waals surface area contributed by atoms with Gasteiger partial charge >= 0.3 is 6.03 Å². The van der Waals surface area contributed by atoms with Crippen LogP contribution in [0.4, 0.5) is 10.6 Å². The van der Waals surface area contributed by atoms with Crippen LogP contribution in [-0.2, 0) is 4.79 Å². The van der Waals surface area contributed by atoms with Crippen LogP contribution >= 0.6 is 0 Å². The second kappa shape index (κ2) is 12.1. The molecule has 0 bridgehead atoms. The summed E-state index contributed by atoms with van der Waals surface area (Å²) in [7, 11) is 0. The van der Waals surface area contributed by atoms with Crippen molar-refractivity contribution >= 4 is 17.8 Å². The quantitative estimate of drug-likeness (QED) is 0.211. The van der Waals surface area contributed by atoms with Gasteiger partial charge in [-0.15, -0.1) is 0 Å². The van der Waals surface area contributed by atoms with Gasteiger partial charge in [0.15, 0.2) is 17.4 Å². The van der Waals surface area contributed by atoms with Crippen LogP contribution in [0.3, 0.4) is 0 Å². The molecule has 0 aromatic carbocycles. The van der Waals surface area contributed by atoms with Crippen LogP contribution in [-0.4, -0.2) is 54.9 Å². The molecular formula is C24H33N7O4. The third kappa shape index (κ3) is 7.12. The van der Waals surface area contributed by atoms with E-state index >= 15 is 0 Å². The van der Waals surface area contributed by atoms with Gasteiger partial charge in [0, 0.05) is 31.3 Å². The molecule has 3 amide bonds. The van der Waals surface area contributed by atoms with E-state index in [2.05, 4.69) is 20.4 Å². The molecule has 0 radical (unpaired) electrons. The lowest BCUT2D eigenvalue weighted by atomic mass is 10.1. The Morgan fingerprint density at radius 3 is 2.49 bits per heavy atom. The third-order valence-corrected chi connectivity index (χ3v) is 5.51. The molecule has 0 aliphatic rings. The normalized spacial score (nSPS) is 10.9. The topological polar surface area (TPSA) is 138 Å². The van der Waals surface area contributed by atoms with Crippen molar-refractivity contribution < 1.29 is 19.2 Å². The zero-order valence-corrected chi connectivity index (χ0v) is 20.7. The number of nitrogens with zero attached hydrogens (tertiary/aromatic N) is 5. The van der Waals surface area contributed by atoms with Crippen LogP contribution in [0.5, 0.6) is 0 Å². The zero-order chi connectivity index (χ0) is 25.4. The van der Waals surface area contributed by atoms with Gasteiger partial charge in [0.1, 0.15) is 11.6 Å².